The van der Waals surface area contributed by atoms with Crippen LogP contribution in [0.3, 0.4) is 0 Å². The predicted octanol–water partition coefficient (Wildman–Crippen LogP) is 5.84. The summed E-state index contributed by atoms with van der Waals surface area (Å²) in [4.78, 5) is 5.02. The van der Waals surface area contributed by atoms with E-state index < -0.39 is 0 Å². The van der Waals surface area contributed by atoms with E-state index in [1.165, 1.54) is 0 Å². The number of hydrogen-bond donors (Lipinski definition) is 1. The van der Waals surface area contributed by atoms with E-state index in [9.17, 15) is 0 Å². The minimum absolute atomic E-state index is 0.0562. The van der Waals surface area contributed by atoms with Crippen molar-refractivity contribution in [1.29, 1.82) is 0 Å². The van der Waals surface area contributed by atoms with Gasteiger partial charge in [0.2, 0.25) is 0 Å². The average Bonchev–Trinajstić information content (AvgIpc) is 3.19. The molecule has 0 amide bonds. The highest BCUT2D eigenvalue weighted by molar-refractivity contribution is 6.30. The van der Waals surface area contributed by atoms with Gasteiger partial charge in [0.25, 0.3) is 0 Å². The van der Waals surface area contributed by atoms with Gasteiger partial charge in [-0.15, -0.1) is 0 Å². The number of methoxy groups -OCH3 is 2. The van der Waals surface area contributed by atoms with Crippen LogP contribution in [0.15, 0.2) is 71.7 Å². The van der Waals surface area contributed by atoms with Crippen LogP contribution in [0.25, 0.3) is 0 Å². The molecule has 6 heteroatoms. The van der Waals surface area contributed by atoms with Crippen molar-refractivity contribution >= 4 is 29.0 Å². The molecule has 0 saturated carbocycles. The molecule has 0 unspecified atom stereocenters. The zero-order valence-corrected chi connectivity index (χ0v) is 17.5. The summed E-state index contributed by atoms with van der Waals surface area (Å²) in [6.45, 7) is 0. The standard InChI is InChI=1S/C23H20Cl2N2O2/c1-28-19-5-3-4-18(22(19)29-2)23-26-20(14-6-10-16(24)11-7-14)21(27-23)15-8-12-17(25)13-9-15/h3-13,20-21H,1-2H3,(H,26,27)/t20-,21+. The molecule has 0 bridgehead atoms. The van der Waals surface area contributed by atoms with E-state index in [0.29, 0.717) is 21.5 Å². The molecule has 1 N–H and O–H groups in total. The van der Waals surface area contributed by atoms with E-state index in [4.69, 9.17) is 37.7 Å². The van der Waals surface area contributed by atoms with Crippen LogP contribution in [-0.4, -0.2) is 20.1 Å². The van der Waals surface area contributed by atoms with Crippen LogP contribution in [0.4, 0.5) is 0 Å². The van der Waals surface area contributed by atoms with Crippen molar-refractivity contribution in [2.45, 2.75) is 12.1 Å². The van der Waals surface area contributed by atoms with Gasteiger partial charge in [-0.3, -0.25) is 4.99 Å². The van der Waals surface area contributed by atoms with Crippen molar-refractivity contribution in [2.24, 2.45) is 4.99 Å². The average molecular weight is 427 g/mol. The maximum atomic E-state index is 6.09. The zero-order valence-electron chi connectivity index (χ0n) is 16.0. The molecule has 1 aliphatic heterocycles. The van der Waals surface area contributed by atoms with E-state index in [2.05, 4.69) is 5.32 Å². The predicted molar refractivity (Wildman–Crippen MR) is 118 cm³/mol. The Balaban J connectivity index is 1.79. The number of nitrogens with one attached hydrogen (secondary N) is 1. The molecule has 3 aromatic carbocycles. The first-order valence-corrected chi connectivity index (χ1v) is 9.93. The number of halogens is 2. The molecule has 0 spiro atoms. The van der Waals surface area contributed by atoms with E-state index in [0.717, 1.165) is 22.5 Å². The molecule has 0 radical (unpaired) electrons. The molecule has 148 valence electrons. The second-order valence-electron chi connectivity index (χ2n) is 6.69. The Labute approximate surface area is 180 Å². The van der Waals surface area contributed by atoms with Gasteiger partial charge >= 0.3 is 0 Å². The van der Waals surface area contributed by atoms with Gasteiger partial charge in [-0.2, -0.15) is 0 Å². The Morgan fingerprint density at radius 3 is 2.00 bits per heavy atom. The second kappa shape index (κ2) is 8.36. The monoisotopic (exact) mass is 426 g/mol. The fourth-order valence-corrected chi connectivity index (χ4v) is 3.81. The number of amidine groups is 1. The number of para-hydroxylation sites is 1. The van der Waals surface area contributed by atoms with E-state index in [-0.39, 0.29) is 12.1 Å². The molecule has 29 heavy (non-hydrogen) atoms. The minimum Gasteiger partial charge on any atom is -0.493 e. The van der Waals surface area contributed by atoms with Crippen LogP contribution in [-0.2, 0) is 0 Å². The summed E-state index contributed by atoms with van der Waals surface area (Å²) in [5.41, 5.74) is 3.01. The maximum absolute atomic E-state index is 6.09. The quantitative estimate of drug-likeness (QED) is 0.556. The van der Waals surface area contributed by atoms with Crippen LogP contribution < -0.4 is 14.8 Å². The Kier molecular flexibility index (Phi) is 5.65. The lowest BCUT2D eigenvalue weighted by molar-refractivity contribution is 0.354. The highest BCUT2D eigenvalue weighted by Gasteiger charge is 2.33. The van der Waals surface area contributed by atoms with Crippen molar-refractivity contribution in [3.05, 3.63) is 93.5 Å². The van der Waals surface area contributed by atoms with Crippen LogP contribution in [0.2, 0.25) is 10.0 Å². The number of nitrogens with zero attached hydrogens (tertiary/aromatic N) is 1. The number of hydrogen-bond acceptors (Lipinski definition) is 4. The van der Waals surface area contributed by atoms with Gasteiger partial charge in [-0.1, -0.05) is 53.5 Å². The van der Waals surface area contributed by atoms with Crippen LogP contribution in [0.5, 0.6) is 11.5 Å². The number of ether oxygens (including phenoxy) is 2. The normalized spacial score (nSPS) is 18.1. The van der Waals surface area contributed by atoms with Crippen molar-refractivity contribution < 1.29 is 9.47 Å². The topological polar surface area (TPSA) is 42.8 Å². The van der Waals surface area contributed by atoms with Crippen molar-refractivity contribution in [3.63, 3.8) is 0 Å². The molecule has 0 saturated heterocycles. The Bertz CT molecular complexity index is 1030. The van der Waals surface area contributed by atoms with Crippen LogP contribution in [0.1, 0.15) is 28.8 Å². The molecule has 0 fully saturated rings. The van der Waals surface area contributed by atoms with Crippen LogP contribution in [0, 0.1) is 0 Å². The first kappa shape index (κ1) is 19.6. The number of benzene rings is 3. The zero-order chi connectivity index (χ0) is 20.4. The molecule has 4 rings (SSSR count). The Hall–Kier alpha value is -2.69. The molecule has 1 aliphatic rings. The molecule has 1 heterocycles. The summed E-state index contributed by atoms with van der Waals surface area (Å²) >= 11 is 12.2. The smallest absolute Gasteiger partial charge is 0.171 e. The highest BCUT2D eigenvalue weighted by Crippen LogP contribution is 2.40. The SMILES string of the molecule is COc1cccc(C2=N[C@H](c3ccc(Cl)cc3)[C@H](c3ccc(Cl)cc3)N2)c1OC. The summed E-state index contributed by atoms with van der Waals surface area (Å²) in [6, 6.07) is 21.2. The van der Waals surface area contributed by atoms with Gasteiger partial charge in [0, 0.05) is 10.0 Å². The van der Waals surface area contributed by atoms with E-state index in [1.54, 1.807) is 14.2 Å². The summed E-state index contributed by atoms with van der Waals surface area (Å²) in [7, 11) is 3.25. The lowest BCUT2D eigenvalue weighted by Gasteiger charge is -2.20. The summed E-state index contributed by atoms with van der Waals surface area (Å²) < 4.78 is 11.1. The second-order valence-corrected chi connectivity index (χ2v) is 7.56. The van der Waals surface area contributed by atoms with Gasteiger partial charge in [-0.25, -0.2) is 0 Å². The van der Waals surface area contributed by atoms with Crippen molar-refractivity contribution in [1.82, 2.24) is 5.32 Å². The maximum Gasteiger partial charge on any atom is 0.171 e. The van der Waals surface area contributed by atoms with Gasteiger partial charge in [-0.05, 0) is 47.5 Å². The van der Waals surface area contributed by atoms with Gasteiger partial charge < -0.3 is 14.8 Å². The lowest BCUT2D eigenvalue weighted by Crippen LogP contribution is -2.25. The van der Waals surface area contributed by atoms with Crippen molar-refractivity contribution in [3.8, 4) is 11.5 Å². The van der Waals surface area contributed by atoms with E-state index in [1.807, 2.05) is 66.7 Å². The number of rotatable bonds is 5. The minimum atomic E-state index is -0.126. The Morgan fingerprint density at radius 2 is 1.41 bits per heavy atom. The van der Waals surface area contributed by atoms with E-state index >= 15 is 0 Å². The summed E-state index contributed by atoms with van der Waals surface area (Å²) in [5, 5.41) is 4.97. The lowest BCUT2D eigenvalue weighted by atomic mass is 9.95. The fraction of sp³-hybridized carbons (Fsp3) is 0.174. The largest absolute Gasteiger partial charge is 0.493 e. The summed E-state index contributed by atoms with van der Waals surface area (Å²) in [5.74, 6) is 2.06. The third-order valence-electron chi connectivity index (χ3n) is 4.97. The third kappa shape index (κ3) is 3.91. The summed E-state index contributed by atoms with van der Waals surface area (Å²) in [6.07, 6.45) is 0. The molecule has 4 nitrogen and oxygen atoms in total. The molecule has 0 aromatic heterocycles. The highest BCUT2D eigenvalue weighted by atomic mass is 35.5. The third-order valence-corrected chi connectivity index (χ3v) is 5.48. The molecule has 3 aromatic rings. The fourth-order valence-electron chi connectivity index (χ4n) is 3.56. The van der Waals surface area contributed by atoms with Gasteiger partial charge in [0.15, 0.2) is 11.5 Å². The molecular formula is C23H20Cl2N2O2. The molecule has 0 aliphatic carbocycles. The Morgan fingerprint density at radius 1 is 0.793 bits per heavy atom. The first-order chi connectivity index (χ1) is 14.1. The van der Waals surface area contributed by atoms with Crippen molar-refractivity contribution in [2.75, 3.05) is 14.2 Å². The number of aliphatic imine (C=N–C) groups is 1. The molecule has 2 atom stereocenters. The van der Waals surface area contributed by atoms with Gasteiger partial charge in [0.1, 0.15) is 11.9 Å². The molecular weight excluding hydrogens is 407 g/mol. The van der Waals surface area contributed by atoms with Gasteiger partial charge in [0.05, 0.1) is 25.8 Å². The van der Waals surface area contributed by atoms with Crippen LogP contribution >= 0.6 is 23.2 Å². The first-order valence-electron chi connectivity index (χ1n) is 9.17.